The summed E-state index contributed by atoms with van der Waals surface area (Å²) >= 11 is 0. The molecule has 2 amide bonds. The lowest BCUT2D eigenvalue weighted by atomic mass is 10.2. The number of rotatable bonds is 5. The fraction of sp³-hybridized carbons (Fsp3) is 0.429. The van der Waals surface area contributed by atoms with E-state index in [1.807, 2.05) is 17.0 Å². The lowest BCUT2D eigenvalue weighted by Gasteiger charge is -2.20. The van der Waals surface area contributed by atoms with Gasteiger partial charge in [-0.25, -0.2) is 4.98 Å². The molecule has 3 heterocycles. The van der Waals surface area contributed by atoms with Crippen LogP contribution in [-0.2, 0) is 6.42 Å². The average Bonchev–Trinajstić information content (AvgIpc) is 3.01. The summed E-state index contributed by atoms with van der Waals surface area (Å²) in [4.78, 5) is 37.3. The number of hydrogen-bond acceptors (Lipinski definition) is 4. The fourth-order valence-electron chi connectivity index (χ4n) is 3.25. The van der Waals surface area contributed by atoms with E-state index < -0.39 is 0 Å². The molecule has 0 radical (unpaired) electrons. The highest BCUT2D eigenvalue weighted by Crippen LogP contribution is 2.13. The summed E-state index contributed by atoms with van der Waals surface area (Å²) in [7, 11) is 1.76. The highest BCUT2D eigenvalue weighted by Gasteiger charge is 2.20. The molecular weight excluding hydrogens is 340 g/mol. The van der Waals surface area contributed by atoms with E-state index in [4.69, 9.17) is 0 Å². The molecular formula is C21H26N4O2. The van der Waals surface area contributed by atoms with Crippen molar-refractivity contribution < 1.29 is 9.59 Å². The van der Waals surface area contributed by atoms with Crippen molar-refractivity contribution in [3.63, 3.8) is 0 Å². The maximum Gasteiger partial charge on any atom is 0.272 e. The summed E-state index contributed by atoms with van der Waals surface area (Å²) in [6, 6.07) is 8.99. The van der Waals surface area contributed by atoms with Crippen LogP contribution in [-0.4, -0.2) is 58.3 Å². The van der Waals surface area contributed by atoms with Crippen molar-refractivity contribution in [1.29, 1.82) is 0 Å². The van der Waals surface area contributed by atoms with Crippen LogP contribution in [0.4, 0.5) is 0 Å². The van der Waals surface area contributed by atoms with Crippen LogP contribution >= 0.6 is 0 Å². The minimum atomic E-state index is -0.172. The first-order chi connectivity index (χ1) is 13.1. The molecule has 3 rings (SSSR count). The van der Waals surface area contributed by atoms with Crippen molar-refractivity contribution in [3.05, 3.63) is 59.7 Å². The second-order valence-electron chi connectivity index (χ2n) is 6.95. The molecule has 0 aromatic carbocycles. The van der Waals surface area contributed by atoms with Crippen LogP contribution < -0.4 is 0 Å². The molecule has 6 nitrogen and oxygen atoms in total. The highest BCUT2D eigenvalue weighted by molar-refractivity contribution is 5.96. The quantitative estimate of drug-likeness (QED) is 0.816. The van der Waals surface area contributed by atoms with E-state index in [0.717, 1.165) is 50.8 Å². The van der Waals surface area contributed by atoms with Crippen molar-refractivity contribution in [2.45, 2.75) is 32.1 Å². The van der Waals surface area contributed by atoms with Crippen molar-refractivity contribution >= 4 is 11.8 Å². The first-order valence-electron chi connectivity index (χ1n) is 9.56. The van der Waals surface area contributed by atoms with Gasteiger partial charge in [0.2, 0.25) is 0 Å². The predicted molar refractivity (Wildman–Crippen MR) is 104 cm³/mol. The van der Waals surface area contributed by atoms with Crippen LogP contribution in [0.1, 0.15) is 52.2 Å². The molecule has 0 aliphatic carbocycles. The first-order valence-corrected chi connectivity index (χ1v) is 9.56. The van der Waals surface area contributed by atoms with E-state index >= 15 is 0 Å². The topological polar surface area (TPSA) is 66.4 Å². The number of aromatic nitrogens is 2. The van der Waals surface area contributed by atoms with Crippen molar-refractivity contribution in [2.75, 3.05) is 26.7 Å². The summed E-state index contributed by atoms with van der Waals surface area (Å²) in [6.07, 6.45) is 8.63. The number of likely N-dealkylation sites (N-methyl/N-ethyl adjacent to an activating group) is 1. The minimum absolute atomic E-state index is 0.0778. The summed E-state index contributed by atoms with van der Waals surface area (Å²) in [5.74, 6) is -0.249. The molecule has 6 heteroatoms. The Hall–Kier alpha value is -2.76. The Morgan fingerprint density at radius 2 is 1.67 bits per heavy atom. The third-order valence-electron chi connectivity index (χ3n) is 4.91. The molecule has 142 valence electrons. The molecule has 1 aliphatic rings. The van der Waals surface area contributed by atoms with E-state index in [0.29, 0.717) is 17.9 Å². The summed E-state index contributed by atoms with van der Waals surface area (Å²) in [6.45, 7) is 2.11. The largest absolute Gasteiger partial charge is 0.340 e. The van der Waals surface area contributed by atoms with Crippen molar-refractivity contribution in [3.8, 4) is 0 Å². The van der Waals surface area contributed by atoms with E-state index in [1.54, 1.807) is 42.5 Å². The van der Waals surface area contributed by atoms with Crippen LogP contribution in [0.15, 0.2) is 42.7 Å². The number of nitrogens with zero attached hydrogens (tertiary/aromatic N) is 4. The molecule has 2 aromatic heterocycles. The molecule has 0 bridgehead atoms. The highest BCUT2D eigenvalue weighted by atomic mass is 16.2. The molecule has 1 fully saturated rings. The van der Waals surface area contributed by atoms with Gasteiger partial charge < -0.3 is 9.80 Å². The van der Waals surface area contributed by atoms with E-state index in [1.165, 1.54) is 0 Å². The van der Waals surface area contributed by atoms with Crippen LogP contribution in [0.25, 0.3) is 0 Å². The van der Waals surface area contributed by atoms with Crippen molar-refractivity contribution in [2.24, 2.45) is 0 Å². The van der Waals surface area contributed by atoms with Gasteiger partial charge in [0.05, 0.1) is 0 Å². The van der Waals surface area contributed by atoms with Crippen LogP contribution in [0.2, 0.25) is 0 Å². The van der Waals surface area contributed by atoms with E-state index in [-0.39, 0.29) is 11.8 Å². The molecule has 0 atom stereocenters. The lowest BCUT2D eigenvalue weighted by molar-refractivity contribution is 0.0754. The smallest absolute Gasteiger partial charge is 0.272 e. The van der Waals surface area contributed by atoms with Crippen molar-refractivity contribution in [1.82, 2.24) is 19.8 Å². The van der Waals surface area contributed by atoms with E-state index in [9.17, 15) is 9.59 Å². The standard InChI is InChI=1S/C21H26N4O2/c1-24(16-11-17-9-12-22-13-10-17)20(26)18-7-6-8-19(23-18)21(27)25-14-4-2-3-5-15-25/h6-10,12-13H,2-5,11,14-16H2,1H3. The van der Waals surface area contributed by atoms with Gasteiger partial charge in [0.15, 0.2) is 0 Å². The Bertz CT molecular complexity index is 771. The molecule has 1 saturated heterocycles. The van der Waals surface area contributed by atoms with Gasteiger partial charge in [-0.3, -0.25) is 14.6 Å². The van der Waals surface area contributed by atoms with Gasteiger partial charge in [-0.1, -0.05) is 18.9 Å². The van der Waals surface area contributed by atoms with Gasteiger partial charge in [0.1, 0.15) is 11.4 Å². The van der Waals surface area contributed by atoms with Gasteiger partial charge in [0.25, 0.3) is 11.8 Å². The maximum atomic E-state index is 12.7. The van der Waals surface area contributed by atoms with Gasteiger partial charge in [0, 0.05) is 39.1 Å². The molecule has 0 unspecified atom stereocenters. The average molecular weight is 366 g/mol. The third kappa shape index (κ3) is 5.12. The maximum absolute atomic E-state index is 12.7. The third-order valence-corrected chi connectivity index (χ3v) is 4.91. The number of likely N-dealkylation sites (tertiary alicyclic amines) is 1. The molecule has 0 N–H and O–H groups in total. The molecule has 2 aromatic rings. The van der Waals surface area contributed by atoms with Gasteiger partial charge in [-0.15, -0.1) is 0 Å². The Morgan fingerprint density at radius 3 is 2.37 bits per heavy atom. The monoisotopic (exact) mass is 366 g/mol. The minimum Gasteiger partial charge on any atom is -0.340 e. The lowest BCUT2D eigenvalue weighted by Crippen LogP contribution is -2.33. The Kier molecular flexibility index (Phi) is 6.52. The molecule has 0 saturated carbocycles. The summed E-state index contributed by atoms with van der Waals surface area (Å²) in [5.41, 5.74) is 1.79. The zero-order valence-electron chi connectivity index (χ0n) is 15.8. The summed E-state index contributed by atoms with van der Waals surface area (Å²) in [5, 5.41) is 0. The van der Waals surface area contributed by atoms with Crippen LogP contribution in [0, 0.1) is 0 Å². The zero-order valence-corrected chi connectivity index (χ0v) is 15.8. The number of carbonyl (C=O) groups excluding carboxylic acids is 2. The second-order valence-corrected chi connectivity index (χ2v) is 6.95. The van der Waals surface area contributed by atoms with Crippen LogP contribution in [0.3, 0.4) is 0 Å². The zero-order chi connectivity index (χ0) is 19.1. The van der Waals surface area contributed by atoms with Gasteiger partial charge in [-0.2, -0.15) is 0 Å². The first kappa shape index (κ1) is 19.0. The number of amides is 2. The number of pyridine rings is 2. The van der Waals surface area contributed by atoms with Crippen LogP contribution in [0.5, 0.6) is 0 Å². The summed E-state index contributed by atoms with van der Waals surface area (Å²) < 4.78 is 0. The normalized spacial score (nSPS) is 14.5. The SMILES string of the molecule is CN(CCc1ccncc1)C(=O)c1cccc(C(=O)N2CCCCCC2)n1. The number of carbonyl (C=O) groups is 2. The van der Waals surface area contributed by atoms with E-state index in [2.05, 4.69) is 9.97 Å². The molecule has 1 aliphatic heterocycles. The fourth-order valence-corrected chi connectivity index (χ4v) is 3.25. The molecule has 27 heavy (non-hydrogen) atoms. The Morgan fingerprint density at radius 1 is 1.00 bits per heavy atom. The Balaban J connectivity index is 1.64. The molecule has 0 spiro atoms. The second kappa shape index (κ2) is 9.26. The Labute approximate surface area is 160 Å². The predicted octanol–water partition coefficient (Wildman–Crippen LogP) is 2.81. The van der Waals surface area contributed by atoms with Gasteiger partial charge in [-0.05, 0) is 49.1 Å². The van der Waals surface area contributed by atoms with Gasteiger partial charge >= 0.3 is 0 Å². The number of hydrogen-bond donors (Lipinski definition) is 0.